The van der Waals surface area contributed by atoms with Gasteiger partial charge in [0, 0.05) is 17.8 Å². The number of amides is 1. The SMILES string of the molecule is COC(=O)C(NNc1ccc([N+](=O)[O-])cc1)(NC(=O)c1ccccc1F)C(F)(F)F. The number of anilines is 1. The molecule has 0 heterocycles. The van der Waals surface area contributed by atoms with Gasteiger partial charge in [-0.05, 0) is 24.3 Å². The number of halogens is 4. The quantitative estimate of drug-likeness (QED) is 0.203. The summed E-state index contributed by atoms with van der Waals surface area (Å²) in [5.74, 6) is -4.61. The monoisotopic (exact) mass is 430 g/mol. The summed E-state index contributed by atoms with van der Waals surface area (Å²) >= 11 is 0. The van der Waals surface area contributed by atoms with Crippen molar-refractivity contribution in [1.82, 2.24) is 10.7 Å². The molecule has 0 bridgehead atoms. The highest BCUT2D eigenvalue weighted by Crippen LogP contribution is 2.30. The molecule has 9 nitrogen and oxygen atoms in total. The van der Waals surface area contributed by atoms with Crippen LogP contribution in [-0.4, -0.2) is 35.7 Å². The zero-order valence-corrected chi connectivity index (χ0v) is 15.1. The molecule has 0 aliphatic carbocycles. The third kappa shape index (κ3) is 4.63. The lowest BCUT2D eigenvalue weighted by Crippen LogP contribution is -2.73. The maximum Gasteiger partial charge on any atom is 0.438 e. The van der Waals surface area contributed by atoms with Gasteiger partial charge in [-0.15, -0.1) is 0 Å². The summed E-state index contributed by atoms with van der Waals surface area (Å²) in [7, 11) is 0.658. The van der Waals surface area contributed by atoms with Crippen molar-refractivity contribution >= 4 is 23.3 Å². The first-order valence-electron chi connectivity index (χ1n) is 8.01. The van der Waals surface area contributed by atoms with Crippen molar-refractivity contribution in [3.8, 4) is 0 Å². The second-order valence-electron chi connectivity index (χ2n) is 5.73. The van der Waals surface area contributed by atoms with Crippen molar-refractivity contribution in [1.29, 1.82) is 0 Å². The number of nitrogens with one attached hydrogen (secondary N) is 3. The maximum absolute atomic E-state index is 13.9. The molecule has 2 aromatic carbocycles. The molecule has 0 fully saturated rings. The standard InChI is InChI=1S/C17H14F4N4O5/c1-30-15(27)16(17(19,20)21,22-14(26)12-4-2-3-5-13(12)18)24-23-10-6-8-11(9-7-10)25(28)29/h2-9,23-24H,1H3,(H,22,26). The lowest BCUT2D eigenvalue weighted by molar-refractivity contribution is -0.384. The van der Waals surface area contributed by atoms with Crippen LogP contribution in [0.5, 0.6) is 0 Å². The first-order chi connectivity index (χ1) is 14.0. The summed E-state index contributed by atoms with van der Waals surface area (Å²) in [5, 5.41) is 12.1. The number of rotatable bonds is 7. The Bertz CT molecular complexity index is 952. The van der Waals surface area contributed by atoms with Gasteiger partial charge in [0.2, 0.25) is 0 Å². The summed E-state index contributed by atoms with van der Waals surface area (Å²) in [6.07, 6.45) is -5.45. The summed E-state index contributed by atoms with van der Waals surface area (Å²) in [4.78, 5) is 34.3. The van der Waals surface area contributed by atoms with Crippen LogP contribution >= 0.6 is 0 Å². The Kier molecular flexibility index (Phi) is 6.56. The third-order valence-corrected chi connectivity index (χ3v) is 3.81. The van der Waals surface area contributed by atoms with Crippen LogP contribution in [0.4, 0.5) is 28.9 Å². The van der Waals surface area contributed by atoms with E-state index in [9.17, 15) is 37.3 Å². The lowest BCUT2D eigenvalue weighted by Gasteiger charge is -2.34. The van der Waals surface area contributed by atoms with Gasteiger partial charge in [0.15, 0.2) is 0 Å². The number of hydrogen-bond acceptors (Lipinski definition) is 7. The van der Waals surface area contributed by atoms with E-state index in [2.05, 4.69) is 4.74 Å². The van der Waals surface area contributed by atoms with Crippen LogP contribution in [0.25, 0.3) is 0 Å². The topological polar surface area (TPSA) is 123 Å². The molecular formula is C17H14F4N4O5. The molecular weight excluding hydrogens is 416 g/mol. The number of ether oxygens (including phenoxy) is 1. The predicted octanol–water partition coefficient (Wildman–Crippen LogP) is 2.51. The van der Waals surface area contributed by atoms with Crippen LogP contribution in [0.1, 0.15) is 10.4 Å². The smallest absolute Gasteiger partial charge is 0.438 e. The molecule has 30 heavy (non-hydrogen) atoms. The first-order valence-corrected chi connectivity index (χ1v) is 8.01. The number of nitrogens with zero attached hydrogens (tertiary/aromatic N) is 1. The molecule has 13 heteroatoms. The Labute approximate surface area is 166 Å². The number of nitro benzene ring substituents is 1. The van der Waals surface area contributed by atoms with Crippen LogP contribution in [0.15, 0.2) is 48.5 Å². The molecule has 0 saturated heterocycles. The van der Waals surface area contributed by atoms with E-state index in [1.54, 1.807) is 5.43 Å². The molecule has 0 aromatic heterocycles. The second kappa shape index (κ2) is 8.73. The number of hydrogen-bond donors (Lipinski definition) is 3. The molecule has 0 aliphatic heterocycles. The van der Waals surface area contributed by atoms with E-state index in [4.69, 9.17) is 0 Å². The molecule has 1 atom stereocenters. The van der Waals surface area contributed by atoms with Gasteiger partial charge >= 0.3 is 17.8 Å². The van der Waals surface area contributed by atoms with Crippen molar-refractivity contribution in [2.45, 2.75) is 11.8 Å². The van der Waals surface area contributed by atoms with Gasteiger partial charge in [0.25, 0.3) is 11.6 Å². The van der Waals surface area contributed by atoms with E-state index < -0.39 is 40.0 Å². The van der Waals surface area contributed by atoms with Gasteiger partial charge in [-0.3, -0.25) is 14.9 Å². The van der Waals surface area contributed by atoms with Crippen LogP contribution in [0.3, 0.4) is 0 Å². The van der Waals surface area contributed by atoms with Crippen molar-refractivity contribution in [2.75, 3.05) is 12.5 Å². The molecule has 2 aromatic rings. The molecule has 3 N–H and O–H groups in total. The largest absolute Gasteiger partial charge is 0.466 e. The molecule has 2 rings (SSSR count). The minimum atomic E-state index is -5.45. The van der Waals surface area contributed by atoms with E-state index in [0.29, 0.717) is 7.11 Å². The molecule has 0 spiro atoms. The van der Waals surface area contributed by atoms with E-state index >= 15 is 0 Å². The summed E-state index contributed by atoms with van der Waals surface area (Å²) in [6, 6.07) is 8.32. The summed E-state index contributed by atoms with van der Waals surface area (Å²) < 4.78 is 59.6. The van der Waals surface area contributed by atoms with E-state index in [-0.39, 0.29) is 11.4 Å². The van der Waals surface area contributed by atoms with E-state index in [1.807, 2.05) is 5.43 Å². The Morgan fingerprint density at radius 2 is 1.67 bits per heavy atom. The van der Waals surface area contributed by atoms with Gasteiger partial charge in [-0.2, -0.15) is 18.6 Å². The Morgan fingerprint density at radius 1 is 1.07 bits per heavy atom. The zero-order chi connectivity index (χ0) is 22.5. The number of alkyl halides is 3. The fourth-order valence-corrected chi connectivity index (χ4v) is 2.26. The fourth-order valence-electron chi connectivity index (χ4n) is 2.26. The third-order valence-electron chi connectivity index (χ3n) is 3.81. The van der Waals surface area contributed by atoms with Crippen LogP contribution in [0, 0.1) is 15.9 Å². The number of methoxy groups -OCH3 is 1. The maximum atomic E-state index is 13.9. The Hall–Kier alpha value is -3.74. The Balaban J connectivity index is 2.38. The zero-order valence-electron chi connectivity index (χ0n) is 15.1. The van der Waals surface area contributed by atoms with Gasteiger partial charge in [0.05, 0.1) is 17.6 Å². The normalized spacial score (nSPS) is 13.1. The number of carbonyl (C=O) groups excluding carboxylic acids is 2. The molecule has 160 valence electrons. The molecule has 0 radical (unpaired) electrons. The van der Waals surface area contributed by atoms with Crippen LogP contribution < -0.4 is 16.2 Å². The first kappa shape index (κ1) is 22.5. The predicted molar refractivity (Wildman–Crippen MR) is 94.5 cm³/mol. The van der Waals surface area contributed by atoms with Gasteiger partial charge in [0.1, 0.15) is 5.82 Å². The van der Waals surface area contributed by atoms with Crippen LogP contribution in [-0.2, 0) is 9.53 Å². The molecule has 0 saturated carbocycles. The number of carbonyl (C=O) groups is 2. The number of non-ortho nitro benzene ring substituents is 1. The van der Waals surface area contributed by atoms with Gasteiger partial charge in [-0.1, -0.05) is 12.1 Å². The number of esters is 1. The van der Waals surface area contributed by atoms with Crippen molar-refractivity contribution < 1.29 is 36.8 Å². The van der Waals surface area contributed by atoms with Crippen molar-refractivity contribution in [2.24, 2.45) is 0 Å². The minimum Gasteiger partial charge on any atom is -0.466 e. The van der Waals surface area contributed by atoms with E-state index in [1.165, 1.54) is 17.4 Å². The minimum absolute atomic E-state index is 0.113. The number of hydrazine groups is 1. The van der Waals surface area contributed by atoms with Crippen LogP contribution in [0.2, 0.25) is 0 Å². The average molecular weight is 430 g/mol. The average Bonchev–Trinajstić information content (AvgIpc) is 2.70. The molecule has 1 unspecified atom stereocenters. The lowest BCUT2D eigenvalue weighted by atomic mass is 10.1. The van der Waals surface area contributed by atoms with Gasteiger partial charge < -0.3 is 15.5 Å². The highest BCUT2D eigenvalue weighted by atomic mass is 19.4. The Morgan fingerprint density at radius 3 is 2.17 bits per heavy atom. The summed E-state index contributed by atoms with van der Waals surface area (Å²) in [6.45, 7) is 0. The summed E-state index contributed by atoms with van der Waals surface area (Å²) in [5.41, 5.74) is -1.32. The van der Waals surface area contributed by atoms with E-state index in [0.717, 1.165) is 36.4 Å². The highest BCUT2D eigenvalue weighted by molar-refractivity contribution is 5.98. The number of benzene rings is 2. The second-order valence-corrected chi connectivity index (χ2v) is 5.73. The van der Waals surface area contributed by atoms with Crippen molar-refractivity contribution in [3.63, 3.8) is 0 Å². The molecule has 0 aliphatic rings. The number of nitro groups is 1. The van der Waals surface area contributed by atoms with Gasteiger partial charge in [-0.25, -0.2) is 9.18 Å². The van der Waals surface area contributed by atoms with Crippen molar-refractivity contribution in [3.05, 3.63) is 70.0 Å². The fraction of sp³-hybridized carbons (Fsp3) is 0.176. The molecule has 1 amide bonds. The highest BCUT2D eigenvalue weighted by Gasteiger charge is 2.63.